The lowest BCUT2D eigenvalue weighted by Crippen LogP contribution is -2.10. The van der Waals surface area contributed by atoms with Gasteiger partial charge in [-0.05, 0) is 125 Å². The van der Waals surface area contributed by atoms with Crippen LogP contribution in [0.5, 0.6) is 0 Å². The molecule has 0 aliphatic rings. The third-order valence-electron chi connectivity index (χ3n) is 14.4. The van der Waals surface area contributed by atoms with E-state index in [1.54, 1.807) is 12.1 Å². The molecule has 0 N–H and O–H groups in total. The maximum Gasteiger partial charge on any atom is 0.159 e. The highest BCUT2D eigenvalue weighted by Crippen LogP contribution is 2.49. The molecule has 5 heteroatoms. The number of aryl methyl sites for hydroxylation is 2. The van der Waals surface area contributed by atoms with Crippen molar-refractivity contribution in [2.45, 2.75) is 13.8 Å². The number of nitrogens with zero attached hydrogens (tertiary/aromatic N) is 3. The Hall–Kier alpha value is -9.06. The first-order valence-electron chi connectivity index (χ1n) is 24.9. The van der Waals surface area contributed by atoms with Gasteiger partial charge in [0, 0.05) is 70.0 Å². The Labute approximate surface area is 400 Å². The maximum absolute atomic E-state index is 8.35. The van der Waals surface area contributed by atoms with Gasteiger partial charge in [-0.1, -0.05) is 133 Å². The molecular weight excluding hydrogens is 843 g/mol. The van der Waals surface area contributed by atoms with Crippen molar-refractivity contribution >= 4 is 138 Å². The van der Waals surface area contributed by atoms with E-state index in [1.165, 1.54) is 37.8 Å². The second kappa shape index (κ2) is 14.2. The Morgan fingerprint density at radius 1 is 0.362 bits per heavy atom. The molecule has 0 unspecified atom stereocenters. The average Bonchev–Trinajstić information content (AvgIpc) is 4.17. The number of rotatable bonds is 6. The predicted molar refractivity (Wildman–Crippen MR) is 290 cm³/mol. The van der Waals surface area contributed by atoms with Crippen LogP contribution in [-0.2, 0) is 0 Å². The van der Waals surface area contributed by atoms with Crippen molar-refractivity contribution < 1.29 is 12.9 Å². The molecule has 4 heterocycles. The van der Waals surface area contributed by atoms with Crippen LogP contribution in [0.3, 0.4) is 0 Å². The Morgan fingerprint density at radius 2 is 0.884 bits per heavy atom. The van der Waals surface area contributed by atoms with Crippen LogP contribution in [0.4, 0.5) is 34.1 Å². The third-order valence-corrected chi connectivity index (χ3v) is 14.4. The minimum Gasteiger partial charge on any atom is -0.454 e. The van der Waals surface area contributed by atoms with Gasteiger partial charge in [0.25, 0.3) is 0 Å². The van der Waals surface area contributed by atoms with Crippen molar-refractivity contribution in [3.63, 3.8) is 0 Å². The molecule has 15 aromatic rings. The molecule has 69 heavy (non-hydrogen) atoms. The van der Waals surface area contributed by atoms with Crippen molar-refractivity contribution in [3.05, 3.63) is 223 Å². The number of furan rings is 2. The van der Waals surface area contributed by atoms with Gasteiger partial charge in [0.2, 0.25) is 0 Å². The molecule has 0 bridgehead atoms. The van der Waals surface area contributed by atoms with Crippen LogP contribution < -0.4 is 9.80 Å². The number of para-hydroxylation sites is 6. The zero-order valence-electron chi connectivity index (χ0n) is 40.4. The molecule has 0 spiro atoms. The number of anilines is 6. The smallest absolute Gasteiger partial charge is 0.159 e. The largest absolute Gasteiger partial charge is 0.454 e. The second-order valence-corrected chi connectivity index (χ2v) is 18.3. The van der Waals surface area contributed by atoms with Gasteiger partial charge >= 0.3 is 0 Å². The van der Waals surface area contributed by atoms with Crippen LogP contribution in [0.1, 0.15) is 15.2 Å². The monoisotopic (exact) mass is 886 g/mol. The first-order chi connectivity index (χ1) is 35.3. The van der Waals surface area contributed by atoms with E-state index < -0.39 is 6.85 Å². The number of hydrogen-bond acceptors (Lipinski definition) is 4. The Morgan fingerprint density at radius 3 is 1.54 bits per heavy atom. The van der Waals surface area contributed by atoms with E-state index in [1.807, 2.05) is 36.4 Å². The van der Waals surface area contributed by atoms with Crippen LogP contribution >= 0.6 is 0 Å². The summed E-state index contributed by atoms with van der Waals surface area (Å²) in [6.07, 6.45) is 0. The topological polar surface area (TPSA) is 37.2 Å². The molecule has 0 saturated heterocycles. The second-order valence-electron chi connectivity index (χ2n) is 18.3. The van der Waals surface area contributed by atoms with Crippen LogP contribution in [0.2, 0.25) is 0 Å². The summed E-state index contributed by atoms with van der Waals surface area (Å²) in [6, 6.07) is 74.5. The quantitative estimate of drug-likeness (QED) is 0.167. The molecule has 4 aromatic heterocycles. The number of benzene rings is 11. The highest BCUT2D eigenvalue weighted by molar-refractivity contribution is 6.33. The lowest BCUT2D eigenvalue weighted by molar-refractivity contribution is 0.665. The number of aromatic nitrogens is 1. The van der Waals surface area contributed by atoms with Gasteiger partial charge in [0.15, 0.2) is 11.2 Å². The standard InChI is InChI=1S/C64H41N3O2/c1-38-15-11-23-48-50-25-13-27-55(63(50)68-61(38)48)65(43-19-5-3-6-20-43)45-30-29-42-34-53-47-32-31-46(37-58(47)67-57-35-41-18-10-9-17-40(41)33-54(57)59(60(53)67)52(42)36-45)66(44-21-7-4-8-22-44)56-28-14-26-51-49-24-12-16-39(2)62(49)69-64(51)56/h3-37H,1-2H3/i1D3. The van der Waals surface area contributed by atoms with Gasteiger partial charge in [-0.25, -0.2) is 0 Å². The Bertz CT molecular complexity index is 4700. The van der Waals surface area contributed by atoms with Crippen molar-refractivity contribution in [3.8, 4) is 0 Å². The molecule has 11 aromatic carbocycles. The van der Waals surface area contributed by atoms with Crippen molar-refractivity contribution in [2.24, 2.45) is 0 Å². The Balaban J connectivity index is 1.00. The summed E-state index contributed by atoms with van der Waals surface area (Å²) >= 11 is 0. The molecule has 15 rings (SSSR count). The van der Waals surface area contributed by atoms with E-state index in [0.717, 1.165) is 94.2 Å². The molecule has 5 nitrogen and oxygen atoms in total. The maximum atomic E-state index is 8.35. The van der Waals surface area contributed by atoms with Crippen LogP contribution in [0.15, 0.2) is 221 Å². The van der Waals surface area contributed by atoms with Crippen molar-refractivity contribution in [1.29, 1.82) is 0 Å². The summed E-state index contributed by atoms with van der Waals surface area (Å²) in [5.41, 5.74) is 13.2. The zero-order valence-corrected chi connectivity index (χ0v) is 37.4. The fourth-order valence-corrected chi connectivity index (χ4v) is 11.4. The zero-order chi connectivity index (χ0) is 48.0. The summed E-state index contributed by atoms with van der Waals surface area (Å²) < 4.78 is 41.0. The lowest BCUT2D eigenvalue weighted by atomic mass is 9.98. The summed E-state index contributed by atoms with van der Waals surface area (Å²) in [6.45, 7) is -0.231. The van der Waals surface area contributed by atoms with Gasteiger partial charge < -0.3 is 23.0 Å². The highest BCUT2D eigenvalue weighted by atomic mass is 16.3. The van der Waals surface area contributed by atoms with Gasteiger partial charge in [-0.3, -0.25) is 0 Å². The first-order valence-corrected chi connectivity index (χ1v) is 23.4. The normalized spacial score (nSPS) is 13.0. The van der Waals surface area contributed by atoms with E-state index >= 15 is 0 Å². The molecule has 0 saturated carbocycles. The molecule has 0 fully saturated rings. The molecule has 0 radical (unpaired) electrons. The fourth-order valence-electron chi connectivity index (χ4n) is 11.4. The molecule has 0 atom stereocenters. The summed E-state index contributed by atoms with van der Waals surface area (Å²) in [5.74, 6) is 0. The Kier molecular flexibility index (Phi) is 7.25. The lowest BCUT2D eigenvalue weighted by Gasteiger charge is -2.26. The van der Waals surface area contributed by atoms with E-state index in [0.29, 0.717) is 11.2 Å². The fraction of sp³-hybridized carbons (Fsp3) is 0.0312. The molecule has 0 amide bonds. The molecule has 324 valence electrons. The van der Waals surface area contributed by atoms with E-state index in [4.69, 9.17) is 12.9 Å². The van der Waals surface area contributed by atoms with Crippen LogP contribution in [0.25, 0.3) is 104 Å². The van der Waals surface area contributed by atoms with Crippen molar-refractivity contribution in [2.75, 3.05) is 9.80 Å². The summed E-state index contributed by atoms with van der Waals surface area (Å²) in [7, 11) is 0. The third kappa shape index (κ3) is 5.41. The SMILES string of the molecule is [2H]C([2H])([2H])c1cccc2c1oc1c(N(c3ccccc3)c3ccc4cc5c6ccc(N(c7ccccc7)c7cccc8c7oc7c(C)cccc78)cc6n6c7cc8ccccc8cc7c(c4c3)c56)cccc12. The molecule has 0 aliphatic carbocycles. The average molecular weight is 887 g/mol. The first kappa shape index (κ1) is 35.2. The van der Waals surface area contributed by atoms with Gasteiger partial charge in [0.1, 0.15) is 11.2 Å². The van der Waals surface area contributed by atoms with Crippen LogP contribution in [0, 0.1) is 13.8 Å². The summed E-state index contributed by atoms with van der Waals surface area (Å²) in [5, 5.41) is 13.1. The number of hydrogen-bond donors (Lipinski definition) is 0. The van der Waals surface area contributed by atoms with Gasteiger partial charge in [0.05, 0.1) is 27.9 Å². The van der Waals surface area contributed by atoms with E-state index in [2.05, 4.69) is 185 Å². The van der Waals surface area contributed by atoms with Gasteiger partial charge in [-0.2, -0.15) is 0 Å². The summed E-state index contributed by atoms with van der Waals surface area (Å²) in [4.78, 5) is 4.56. The molecule has 0 aliphatic heterocycles. The number of fused-ring (bicyclic) bond motifs is 15. The van der Waals surface area contributed by atoms with Gasteiger partial charge in [-0.15, -0.1) is 0 Å². The highest BCUT2D eigenvalue weighted by Gasteiger charge is 2.26. The molecular formula is C64H41N3O2. The van der Waals surface area contributed by atoms with E-state index in [-0.39, 0.29) is 5.56 Å². The minimum atomic E-state index is -2.34. The van der Waals surface area contributed by atoms with Crippen LogP contribution in [-0.4, -0.2) is 4.40 Å². The predicted octanol–water partition coefficient (Wildman–Crippen LogP) is 18.5. The van der Waals surface area contributed by atoms with E-state index in [9.17, 15) is 0 Å². The minimum absolute atomic E-state index is 0.200. The van der Waals surface area contributed by atoms with Crippen molar-refractivity contribution in [1.82, 2.24) is 4.40 Å².